The minimum atomic E-state index is -0.443. The molecular formula is C12H22N2O2. The van der Waals surface area contributed by atoms with Crippen molar-refractivity contribution in [3.63, 3.8) is 0 Å². The van der Waals surface area contributed by atoms with E-state index in [2.05, 4.69) is 10.6 Å². The molecule has 92 valence electrons. The molecule has 4 nitrogen and oxygen atoms in total. The second-order valence-electron chi connectivity index (χ2n) is 5.50. The summed E-state index contributed by atoms with van der Waals surface area (Å²) in [5.41, 5.74) is -0.443. The fourth-order valence-electron chi connectivity index (χ4n) is 3.26. The average Bonchev–Trinajstić information content (AvgIpc) is 2.84. The van der Waals surface area contributed by atoms with E-state index >= 15 is 0 Å². The topological polar surface area (TPSA) is 53.5 Å². The highest BCUT2D eigenvalue weighted by Crippen LogP contribution is 2.40. The molecule has 3 fully saturated rings. The normalized spacial score (nSPS) is 42.2. The average molecular weight is 226 g/mol. The van der Waals surface area contributed by atoms with E-state index in [-0.39, 0.29) is 6.23 Å². The van der Waals surface area contributed by atoms with E-state index in [9.17, 15) is 5.11 Å². The first kappa shape index (κ1) is 11.0. The Morgan fingerprint density at radius 3 is 2.56 bits per heavy atom. The molecule has 0 bridgehead atoms. The van der Waals surface area contributed by atoms with Crippen molar-refractivity contribution in [2.45, 2.75) is 50.0 Å². The molecular weight excluding hydrogens is 204 g/mol. The molecule has 16 heavy (non-hydrogen) atoms. The maximum Gasteiger partial charge on any atom is 0.115 e. The zero-order valence-corrected chi connectivity index (χ0v) is 9.74. The number of ether oxygens (including phenoxy) is 1. The van der Waals surface area contributed by atoms with Crippen molar-refractivity contribution in [3.05, 3.63) is 0 Å². The van der Waals surface area contributed by atoms with Crippen molar-refractivity contribution in [3.8, 4) is 0 Å². The van der Waals surface area contributed by atoms with Gasteiger partial charge in [0.1, 0.15) is 6.23 Å². The van der Waals surface area contributed by atoms with Gasteiger partial charge in [0.25, 0.3) is 0 Å². The molecule has 3 atom stereocenters. The van der Waals surface area contributed by atoms with Gasteiger partial charge >= 0.3 is 0 Å². The van der Waals surface area contributed by atoms with E-state index in [4.69, 9.17) is 4.74 Å². The van der Waals surface area contributed by atoms with Crippen LogP contribution in [0.4, 0.5) is 0 Å². The third-order valence-corrected chi connectivity index (χ3v) is 4.42. The summed E-state index contributed by atoms with van der Waals surface area (Å²) in [6.45, 7) is 2.94. The van der Waals surface area contributed by atoms with Crippen molar-refractivity contribution in [2.75, 3.05) is 19.6 Å². The Hall–Kier alpha value is -0.160. The summed E-state index contributed by atoms with van der Waals surface area (Å²) in [7, 11) is 0. The van der Waals surface area contributed by atoms with Crippen molar-refractivity contribution in [1.82, 2.24) is 10.6 Å². The summed E-state index contributed by atoms with van der Waals surface area (Å²) in [4.78, 5) is 0. The molecule has 3 N–H and O–H groups in total. The lowest BCUT2D eigenvalue weighted by Gasteiger charge is -2.46. The van der Waals surface area contributed by atoms with E-state index < -0.39 is 5.60 Å². The zero-order valence-electron chi connectivity index (χ0n) is 9.74. The number of nitrogens with one attached hydrogen (secondary N) is 2. The van der Waals surface area contributed by atoms with Gasteiger partial charge in [0.05, 0.1) is 11.7 Å². The molecule has 1 saturated carbocycles. The number of aliphatic hydroxyl groups is 1. The first-order chi connectivity index (χ1) is 7.78. The van der Waals surface area contributed by atoms with E-state index in [0.29, 0.717) is 12.0 Å². The molecule has 4 heteroatoms. The highest BCUT2D eigenvalue weighted by Gasteiger charge is 2.49. The lowest BCUT2D eigenvalue weighted by molar-refractivity contribution is -0.164. The number of rotatable bonds is 3. The van der Waals surface area contributed by atoms with Crippen LogP contribution in [0.5, 0.6) is 0 Å². The van der Waals surface area contributed by atoms with Gasteiger partial charge in [-0.3, -0.25) is 5.32 Å². The van der Waals surface area contributed by atoms with Crippen LogP contribution >= 0.6 is 0 Å². The van der Waals surface area contributed by atoms with E-state index in [1.807, 2.05) is 0 Å². The standard InChI is InChI=1S/C12H22N2O2/c15-12(4-1-2-5-12)10-8-14-11(10)16-9-3-6-13-7-9/h9-11,13-15H,1-8H2/t9-,10-,11?/m1/s1. The molecule has 1 unspecified atom stereocenters. The van der Waals surface area contributed by atoms with Gasteiger partial charge in [-0.2, -0.15) is 0 Å². The Bertz CT molecular complexity index is 247. The Morgan fingerprint density at radius 2 is 2.00 bits per heavy atom. The van der Waals surface area contributed by atoms with Crippen LogP contribution in [0, 0.1) is 5.92 Å². The number of hydrogen-bond donors (Lipinski definition) is 3. The summed E-state index contributed by atoms with van der Waals surface area (Å²) in [6.07, 6.45) is 5.79. The van der Waals surface area contributed by atoms with Gasteiger partial charge in [0, 0.05) is 19.0 Å². The van der Waals surface area contributed by atoms with Crippen molar-refractivity contribution in [1.29, 1.82) is 0 Å². The quantitative estimate of drug-likeness (QED) is 0.644. The predicted octanol–water partition coefficient (Wildman–Crippen LogP) is 0.215. The minimum absolute atomic E-state index is 0.0907. The first-order valence-corrected chi connectivity index (χ1v) is 6.60. The molecule has 2 aliphatic heterocycles. The van der Waals surface area contributed by atoms with Crippen LogP contribution in [-0.4, -0.2) is 42.7 Å². The van der Waals surface area contributed by atoms with E-state index in [1.54, 1.807) is 0 Å². The van der Waals surface area contributed by atoms with Crippen LogP contribution < -0.4 is 10.6 Å². The van der Waals surface area contributed by atoms with Gasteiger partial charge in [-0.15, -0.1) is 0 Å². The molecule has 0 aromatic heterocycles. The zero-order chi connectivity index (χ0) is 11.0. The fraction of sp³-hybridized carbons (Fsp3) is 1.00. The molecule has 2 heterocycles. The number of hydrogen-bond acceptors (Lipinski definition) is 4. The molecule has 1 aliphatic carbocycles. The molecule has 2 saturated heterocycles. The summed E-state index contributed by atoms with van der Waals surface area (Å²) < 4.78 is 6.00. The van der Waals surface area contributed by atoms with E-state index in [0.717, 1.165) is 38.9 Å². The SMILES string of the molecule is OC1([C@@H]2CNC2O[C@@H]2CCNC2)CCCC1. The lowest BCUT2D eigenvalue weighted by Crippen LogP contribution is -2.64. The Balaban J connectivity index is 1.56. The largest absolute Gasteiger partial charge is 0.389 e. The summed E-state index contributed by atoms with van der Waals surface area (Å²) in [5.74, 6) is 0.315. The fourth-order valence-corrected chi connectivity index (χ4v) is 3.26. The Morgan fingerprint density at radius 1 is 1.19 bits per heavy atom. The molecule has 0 amide bonds. The third-order valence-electron chi connectivity index (χ3n) is 4.42. The van der Waals surface area contributed by atoms with E-state index in [1.165, 1.54) is 12.8 Å². The van der Waals surface area contributed by atoms with Gasteiger partial charge in [0.15, 0.2) is 0 Å². The second-order valence-corrected chi connectivity index (χ2v) is 5.50. The van der Waals surface area contributed by atoms with Crippen LogP contribution in [0.15, 0.2) is 0 Å². The van der Waals surface area contributed by atoms with Gasteiger partial charge in [-0.25, -0.2) is 0 Å². The molecule has 0 radical (unpaired) electrons. The predicted molar refractivity (Wildman–Crippen MR) is 61.1 cm³/mol. The Labute approximate surface area is 96.7 Å². The summed E-state index contributed by atoms with van der Waals surface area (Å²) in [6, 6.07) is 0. The first-order valence-electron chi connectivity index (χ1n) is 6.60. The molecule has 0 aromatic carbocycles. The summed E-state index contributed by atoms with van der Waals surface area (Å²) in [5, 5.41) is 17.1. The van der Waals surface area contributed by atoms with Crippen molar-refractivity contribution < 1.29 is 9.84 Å². The van der Waals surface area contributed by atoms with Crippen molar-refractivity contribution >= 4 is 0 Å². The Kier molecular flexibility index (Phi) is 2.92. The van der Waals surface area contributed by atoms with Gasteiger partial charge in [0.2, 0.25) is 0 Å². The lowest BCUT2D eigenvalue weighted by atomic mass is 9.80. The van der Waals surface area contributed by atoms with Crippen molar-refractivity contribution in [2.24, 2.45) is 5.92 Å². The van der Waals surface area contributed by atoms with Gasteiger partial charge in [-0.1, -0.05) is 12.8 Å². The summed E-state index contributed by atoms with van der Waals surface area (Å²) >= 11 is 0. The smallest absolute Gasteiger partial charge is 0.115 e. The molecule has 0 spiro atoms. The van der Waals surface area contributed by atoms with Crippen LogP contribution in [0.2, 0.25) is 0 Å². The van der Waals surface area contributed by atoms with Crippen LogP contribution in [0.25, 0.3) is 0 Å². The molecule has 0 aromatic rings. The molecule has 3 rings (SSSR count). The van der Waals surface area contributed by atoms with Crippen LogP contribution in [0.1, 0.15) is 32.1 Å². The third kappa shape index (κ3) is 1.88. The molecule has 3 aliphatic rings. The maximum atomic E-state index is 10.5. The van der Waals surface area contributed by atoms with Crippen LogP contribution in [-0.2, 0) is 4.74 Å². The monoisotopic (exact) mass is 226 g/mol. The maximum absolute atomic E-state index is 10.5. The van der Waals surface area contributed by atoms with Gasteiger partial charge < -0.3 is 15.2 Å². The second kappa shape index (κ2) is 4.26. The van der Waals surface area contributed by atoms with Gasteiger partial charge in [-0.05, 0) is 25.8 Å². The highest BCUT2D eigenvalue weighted by molar-refractivity contribution is 5.00. The highest BCUT2D eigenvalue weighted by atomic mass is 16.5. The van der Waals surface area contributed by atoms with Crippen LogP contribution in [0.3, 0.4) is 0 Å². The minimum Gasteiger partial charge on any atom is -0.389 e.